The Morgan fingerprint density at radius 3 is 2.52 bits per heavy atom. The number of rotatable bonds is 7. The van der Waals surface area contributed by atoms with E-state index in [1.165, 1.54) is 19.9 Å². The van der Waals surface area contributed by atoms with Crippen LogP contribution >= 0.6 is 0 Å². The highest BCUT2D eigenvalue weighted by molar-refractivity contribution is 7.89. The number of carbonyl (C=O) groups excluding carboxylic acids is 3. The van der Waals surface area contributed by atoms with Crippen LogP contribution in [0.25, 0.3) is 0 Å². The Labute approximate surface area is 181 Å². The predicted octanol–water partition coefficient (Wildman–Crippen LogP) is 2.49. The molecule has 2 aromatic carbocycles. The molecule has 1 aliphatic rings. The number of fused-ring (bicyclic) bond motifs is 1. The highest BCUT2D eigenvalue weighted by Crippen LogP contribution is 2.33. The number of sulfonamides is 1. The van der Waals surface area contributed by atoms with E-state index in [0.29, 0.717) is 17.7 Å². The molecule has 164 valence electrons. The highest BCUT2D eigenvalue weighted by Gasteiger charge is 2.30. The van der Waals surface area contributed by atoms with Gasteiger partial charge in [0, 0.05) is 42.9 Å². The van der Waals surface area contributed by atoms with E-state index in [1.807, 2.05) is 6.92 Å². The van der Waals surface area contributed by atoms with E-state index in [0.717, 1.165) is 11.3 Å². The summed E-state index contributed by atoms with van der Waals surface area (Å²) in [6.45, 7) is 4.76. The minimum absolute atomic E-state index is 0.0244. The number of anilines is 2. The Kier molecular flexibility index (Phi) is 6.56. The lowest BCUT2D eigenvalue weighted by Gasteiger charge is -2.20. The second-order valence-electron chi connectivity index (χ2n) is 7.57. The molecule has 2 N–H and O–H groups in total. The number of nitrogens with zero attached hydrogens (tertiary/aromatic N) is 1. The first-order chi connectivity index (χ1) is 14.6. The maximum atomic E-state index is 12.6. The normalized spacial score (nSPS) is 15.5. The van der Waals surface area contributed by atoms with Crippen molar-refractivity contribution in [2.45, 2.75) is 44.6 Å². The zero-order valence-electron chi connectivity index (χ0n) is 17.6. The molecule has 2 aromatic rings. The fourth-order valence-corrected chi connectivity index (χ4v) is 4.76. The summed E-state index contributed by atoms with van der Waals surface area (Å²) in [5, 5.41) is 2.65. The van der Waals surface area contributed by atoms with Gasteiger partial charge in [-0.05, 0) is 56.2 Å². The van der Waals surface area contributed by atoms with Crippen molar-refractivity contribution in [3.8, 4) is 0 Å². The van der Waals surface area contributed by atoms with E-state index >= 15 is 0 Å². The number of ketones is 1. The molecule has 0 fully saturated rings. The van der Waals surface area contributed by atoms with Crippen LogP contribution in [0, 0.1) is 0 Å². The molecule has 9 heteroatoms. The molecule has 1 heterocycles. The molecule has 0 spiro atoms. The summed E-state index contributed by atoms with van der Waals surface area (Å²) in [6, 6.07) is 11.2. The molecule has 1 aliphatic heterocycles. The lowest BCUT2D eigenvalue weighted by molar-refractivity contribution is -0.117. The van der Waals surface area contributed by atoms with Gasteiger partial charge in [0.1, 0.15) is 0 Å². The monoisotopic (exact) mass is 443 g/mol. The van der Waals surface area contributed by atoms with Crippen LogP contribution in [-0.4, -0.2) is 38.6 Å². The summed E-state index contributed by atoms with van der Waals surface area (Å²) in [6.07, 6.45) is 0.517. The molecular weight excluding hydrogens is 418 g/mol. The van der Waals surface area contributed by atoms with Crippen molar-refractivity contribution in [1.29, 1.82) is 0 Å². The van der Waals surface area contributed by atoms with Crippen molar-refractivity contribution in [3.63, 3.8) is 0 Å². The van der Waals surface area contributed by atoms with E-state index < -0.39 is 10.0 Å². The highest BCUT2D eigenvalue weighted by atomic mass is 32.2. The second-order valence-corrected chi connectivity index (χ2v) is 9.33. The summed E-state index contributed by atoms with van der Waals surface area (Å²) in [7, 11) is -3.80. The summed E-state index contributed by atoms with van der Waals surface area (Å²) < 4.78 is 27.7. The lowest BCUT2D eigenvalue weighted by atomic mass is 10.1. The standard InChI is InChI=1S/C22H25N3O5S/c1-14-11-18-13-20(7-8-21(18)25(14)16(3)27)31(29,30)23-10-9-22(28)24-19-6-4-5-17(12-19)15(2)26/h4-8,12-14,23H,9-11H2,1-3H3,(H,24,28). The SMILES string of the molecule is CC(=O)c1cccc(NC(=O)CCNS(=O)(=O)c2ccc3c(c2)CC(C)N3C(C)=O)c1. The van der Waals surface area contributed by atoms with E-state index in [-0.39, 0.29) is 41.5 Å². The van der Waals surface area contributed by atoms with Gasteiger partial charge in [0.25, 0.3) is 0 Å². The van der Waals surface area contributed by atoms with Gasteiger partial charge in [0.2, 0.25) is 21.8 Å². The Hall–Kier alpha value is -3.04. The Balaban J connectivity index is 1.60. The fourth-order valence-electron chi connectivity index (χ4n) is 3.68. The van der Waals surface area contributed by atoms with Crippen molar-refractivity contribution < 1.29 is 22.8 Å². The summed E-state index contributed by atoms with van der Waals surface area (Å²) in [5.41, 5.74) is 2.48. The van der Waals surface area contributed by atoms with Gasteiger partial charge >= 0.3 is 0 Å². The third kappa shape index (κ3) is 5.18. The topological polar surface area (TPSA) is 113 Å². The zero-order valence-corrected chi connectivity index (χ0v) is 18.5. The van der Waals surface area contributed by atoms with Crippen LogP contribution in [0.4, 0.5) is 11.4 Å². The molecule has 3 rings (SSSR count). The van der Waals surface area contributed by atoms with E-state index in [1.54, 1.807) is 41.3 Å². The summed E-state index contributed by atoms with van der Waals surface area (Å²) in [5.74, 6) is -0.567. The summed E-state index contributed by atoms with van der Waals surface area (Å²) in [4.78, 5) is 37.2. The molecule has 2 amide bonds. The molecular formula is C22H25N3O5S. The smallest absolute Gasteiger partial charge is 0.240 e. The maximum Gasteiger partial charge on any atom is 0.240 e. The molecule has 1 atom stereocenters. The Morgan fingerprint density at radius 2 is 1.84 bits per heavy atom. The van der Waals surface area contributed by atoms with E-state index in [2.05, 4.69) is 10.0 Å². The van der Waals surface area contributed by atoms with Gasteiger partial charge < -0.3 is 10.2 Å². The van der Waals surface area contributed by atoms with Gasteiger partial charge in [-0.3, -0.25) is 14.4 Å². The average Bonchev–Trinajstić information content (AvgIpc) is 3.03. The Bertz CT molecular complexity index is 1140. The van der Waals surface area contributed by atoms with Gasteiger partial charge in [-0.25, -0.2) is 13.1 Å². The van der Waals surface area contributed by atoms with Crippen LogP contribution in [0.3, 0.4) is 0 Å². The molecule has 0 radical (unpaired) electrons. The van der Waals surface area contributed by atoms with Crippen LogP contribution in [0.1, 0.15) is 43.1 Å². The molecule has 1 unspecified atom stereocenters. The Morgan fingerprint density at radius 1 is 1.10 bits per heavy atom. The quantitative estimate of drug-likeness (QED) is 0.639. The number of benzene rings is 2. The molecule has 0 saturated heterocycles. The maximum absolute atomic E-state index is 12.6. The van der Waals surface area contributed by atoms with Gasteiger partial charge in [0.05, 0.1) is 4.90 Å². The zero-order chi connectivity index (χ0) is 22.8. The third-order valence-electron chi connectivity index (χ3n) is 5.11. The first-order valence-electron chi connectivity index (χ1n) is 9.92. The number of Topliss-reactive ketones (excluding diaryl/α,β-unsaturated/α-hetero) is 1. The van der Waals surface area contributed by atoms with Crippen molar-refractivity contribution >= 4 is 39.0 Å². The summed E-state index contributed by atoms with van der Waals surface area (Å²) >= 11 is 0. The molecule has 0 aromatic heterocycles. The molecule has 31 heavy (non-hydrogen) atoms. The van der Waals surface area contributed by atoms with Gasteiger partial charge in [-0.2, -0.15) is 0 Å². The first kappa shape index (κ1) is 22.6. The van der Waals surface area contributed by atoms with Crippen LogP contribution in [-0.2, 0) is 26.0 Å². The van der Waals surface area contributed by atoms with Crippen LogP contribution < -0.4 is 14.9 Å². The third-order valence-corrected chi connectivity index (χ3v) is 6.57. The number of nitrogens with one attached hydrogen (secondary N) is 2. The molecule has 0 bridgehead atoms. The molecule has 0 saturated carbocycles. The second kappa shape index (κ2) is 8.99. The number of hydrogen-bond donors (Lipinski definition) is 2. The van der Waals surface area contributed by atoms with Crippen molar-refractivity contribution in [2.24, 2.45) is 0 Å². The minimum Gasteiger partial charge on any atom is -0.326 e. The van der Waals surface area contributed by atoms with Crippen LogP contribution in [0.15, 0.2) is 47.4 Å². The van der Waals surface area contributed by atoms with E-state index in [4.69, 9.17) is 0 Å². The molecule has 8 nitrogen and oxygen atoms in total. The number of carbonyl (C=O) groups is 3. The molecule has 0 aliphatic carbocycles. The number of amides is 2. The van der Waals surface area contributed by atoms with Crippen LogP contribution in [0.5, 0.6) is 0 Å². The largest absolute Gasteiger partial charge is 0.326 e. The minimum atomic E-state index is -3.80. The van der Waals surface area contributed by atoms with Gasteiger partial charge in [-0.15, -0.1) is 0 Å². The fraction of sp³-hybridized carbons (Fsp3) is 0.318. The van der Waals surface area contributed by atoms with Crippen molar-refractivity contribution in [2.75, 3.05) is 16.8 Å². The van der Waals surface area contributed by atoms with Crippen molar-refractivity contribution in [1.82, 2.24) is 4.72 Å². The lowest BCUT2D eigenvalue weighted by Crippen LogP contribution is -2.33. The van der Waals surface area contributed by atoms with E-state index in [9.17, 15) is 22.8 Å². The van der Waals surface area contributed by atoms with Gasteiger partial charge in [0.15, 0.2) is 5.78 Å². The van der Waals surface area contributed by atoms with Crippen molar-refractivity contribution in [3.05, 3.63) is 53.6 Å². The van der Waals surface area contributed by atoms with Gasteiger partial charge in [-0.1, -0.05) is 12.1 Å². The van der Waals surface area contributed by atoms with Crippen LogP contribution in [0.2, 0.25) is 0 Å². The first-order valence-corrected chi connectivity index (χ1v) is 11.4. The predicted molar refractivity (Wildman–Crippen MR) is 118 cm³/mol. The number of hydrogen-bond acceptors (Lipinski definition) is 5. The average molecular weight is 444 g/mol.